The fourth-order valence-electron chi connectivity index (χ4n) is 2.57. The smallest absolute Gasteiger partial charge is 0.272 e. The molecule has 0 radical (unpaired) electrons. The van der Waals surface area contributed by atoms with Gasteiger partial charge in [-0.1, -0.05) is 19.9 Å². The van der Waals surface area contributed by atoms with E-state index in [1.165, 1.54) is 0 Å². The second-order valence-corrected chi connectivity index (χ2v) is 6.32. The number of rotatable bonds is 8. The van der Waals surface area contributed by atoms with E-state index < -0.39 is 0 Å². The van der Waals surface area contributed by atoms with Crippen molar-refractivity contribution >= 4 is 5.91 Å². The molecule has 6 nitrogen and oxygen atoms in total. The lowest BCUT2D eigenvalue weighted by Crippen LogP contribution is -2.34. The average molecular weight is 330 g/mol. The van der Waals surface area contributed by atoms with Crippen LogP contribution in [-0.4, -0.2) is 45.8 Å². The predicted molar refractivity (Wildman–Crippen MR) is 92.6 cm³/mol. The largest absolute Gasteiger partial charge is 0.383 e. The summed E-state index contributed by atoms with van der Waals surface area (Å²) < 4.78 is 6.82. The molecular formula is C18H26N4O2. The van der Waals surface area contributed by atoms with Crippen LogP contribution in [0.2, 0.25) is 0 Å². The van der Waals surface area contributed by atoms with Gasteiger partial charge in [0.1, 0.15) is 5.69 Å². The fraction of sp³-hybridized carbons (Fsp3) is 0.500. The van der Waals surface area contributed by atoms with Crippen LogP contribution in [0, 0.1) is 5.92 Å². The minimum Gasteiger partial charge on any atom is -0.383 e. The summed E-state index contributed by atoms with van der Waals surface area (Å²) in [6.45, 7) is 5.80. The summed E-state index contributed by atoms with van der Waals surface area (Å²) >= 11 is 0. The van der Waals surface area contributed by atoms with Crippen LogP contribution in [0.3, 0.4) is 0 Å². The lowest BCUT2D eigenvalue weighted by molar-refractivity contribution is 0.0669. The molecule has 0 atom stereocenters. The molecule has 0 aromatic carbocycles. The van der Waals surface area contributed by atoms with Gasteiger partial charge < -0.3 is 9.64 Å². The Morgan fingerprint density at radius 2 is 2.21 bits per heavy atom. The van der Waals surface area contributed by atoms with Crippen molar-refractivity contribution in [1.29, 1.82) is 0 Å². The highest BCUT2D eigenvalue weighted by Crippen LogP contribution is 2.13. The third-order valence-corrected chi connectivity index (χ3v) is 3.72. The molecule has 2 heterocycles. The topological polar surface area (TPSA) is 60.2 Å². The van der Waals surface area contributed by atoms with E-state index in [0.29, 0.717) is 31.3 Å². The van der Waals surface area contributed by atoms with Crippen LogP contribution in [0.15, 0.2) is 30.6 Å². The van der Waals surface area contributed by atoms with Gasteiger partial charge in [0.2, 0.25) is 0 Å². The van der Waals surface area contributed by atoms with Gasteiger partial charge in [-0.15, -0.1) is 0 Å². The molecule has 2 aromatic rings. The molecule has 0 saturated heterocycles. The zero-order valence-electron chi connectivity index (χ0n) is 14.9. The summed E-state index contributed by atoms with van der Waals surface area (Å²) in [6.07, 6.45) is 4.37. The first-order valence-electron chi connectivity index (χ1n) is 8.21. The second kappa shape index (κ2) is 8.59. The quantitative estimate of drug-likeness (QED) is 0.745. The van der Waals surface area contributed by atoms with Crippen LogP contribution < -0.4 is 0 Å². The maximum absolute atomic E-state index is 13.0. The molecule has 0 fully saturated rings. The van der Waals surface area contributed by atoms with Gasteiger partial charge in [0.25, 0.3) is 5.91 Å². The number of hydrogen-bond donors (Lipinski definition) is 0. The van der Waals surface area contributed by atoms with Crippen molar-refractivity contribution in [1.82, 2.24) is 19.7 Å². The van der Waals surface area contributed by atoms with Crippen LogP contribution in [0.5, 0.6) is 0 Å². The number of aryl methyl sites for hydroxylation is 1. The Hall–Kier alpha value is -2.21. The Labute approximate surface area is 143 Å². The van der Waals surface area contributed by atoms with Crippen molar-refractivity contribution in [3.05, 3.63) is 47.5 Å². The first-order valence-corrected chi connectivity index (χ1v) is 8.21. The van der Waals surface area contributed by atoms with Gasteiger partial charge in [0, 0.05) is 39.6 Å². The summed E-state index contributed by atoms with van der Waals surface area (Å²) in [6, 6.07) is 5.73. The van der Waals surface area contributed by atoms with Crippen molar-refractivity contribution in [3.63, 3.8) is 0 Å². The van der Waals surface area contributed by atoms with E-state index in [1.54, 1.807) is 29.1 Å². The van der Waals surface area contributed by atoms with Crippen molar-refractivity contribution in [2.45, 2.75) is 26.8 Å². The molecule has 130 valence electrons. The van der Waals surface area contributed by atoms with Gasteiger partial charge >= 0.3 is 0 Å². The van der Waals surface area contributed by atoms with Crippen LogP contribution in [0.25, 0.3) is 0 Å². The standard InChI is InChI=1S/C18H26N4O2/c1-14(2)10-16-11-17(21(3)20-16)18(23)22(8-9-24-4)13-15-6-5-7-19-12-15/h5-7,11-12,14H,8-10,13H2,1-4H3. The van der Waals surface area contributed by atoms with Gasteiger partial charge in [-0.3, -0.25) is 14.5 Å². The molecule has 1 amide bonds. The molecule has 6 heteroatoms. The Morgan fingerprint density at radius 1 is 1.42 bits per heavy atom. The van der Waals surface area contributed by atoms with Gasteiger partial charge in [-0.2, -0.15) is 5.10 Å². The first-order chi connectivity index (χ1) is 11.5. The molecule has 2 aromatic heterocycles. The minimum absolute atomic E-state index is 0.0408. The number of ether oxygens (including phenoxy) is 1. The molecule has 0 aliphatic heterocycles. The fourth-order valence-corrected chi connectivity index (χ4v) is 2.57. The van der Waals surface area contributed by atoms with Crippen LogP contribution >= 0.6 is 0 Å². The third kappa shape index (κ3) is 4.89. The third-order valence-electron chi connectivity index (χ3n) is 3.72. The van der Waals surface area contributed by atoms with Gasteiger partial charge in [-0.05, 0) is 30.0 Å². The van der Waals surface area contributed by atoms with Gasteiger partial charge in [-0.25, -0.2) is 0 Å². The number of nitrogens with zero attached hydrogens (tertiary/aromatic N) is 4. The highest BCUT2D eigenvalue weighted by atomic mass is 16.5. The number of aromatic nitrogens is 3. The maximum Gasteiger partial charge on any atom is 0.272 e. The van der Waals surface area contributed by atoms with Crippen LogP contribution in [0.4, 0.5) is 0 Å². The summed E-state index contributed by atoms with van der Waals surface area (Å²) in [7, 11) is 3.45. The lowest BCUT2D eigenvalue weighted by Gasteiger charge is -2.22. The van der Waals surface area contributed by atoms with E-state index in [2.05, 4.69) is 23.9 Å². The van der Waals surface area contributed by atoms with Crippen molar-refractivity contribution in [2.24, 2.45) is 13.0 Å². The maximum atomic E-state index is 13.0. The SMILES string of the molecule is COCCN(Cc1cccnc1)C(=O)c1cc(CC(C)C)nn1C. The molecule has 2 rings (SSSR count). The van der Waals surface area contributed by atoms with Crippen LogP contribution in [0.1, 0.15) is 35.6 Å². The van der Waals surface area contributed by atoms with Crippen molar-refractivity contribution in [3.8, 4) is 0 Å². The van der Waals surface area contributed by atoms with Gasteiger partial charge in [0.15, 0.2) is 0 Å². The van der Waals surface area contributed by atoms with E-state index in [4.69, 9.17) is 4.74 Å². The molecule has 0 N–H and O–H groups in total. The molecule has 0 aliphatic carbocycles. The summed E-state index contributed by atoms with van der Waals surface area (Å²) in [5.41, 5.74) is 2.54. The monoisotopic (exact) mass is 330 g/mol. The second-order valence-electron chi connectivity index (χ2n) is 6.32. The van der Waals surface area contributed by atoms with Gasteiger partial charge in [0.05, 0.1) is 12.3 Å². The summed E-state index contributed by atoms with van der Waals surface area (Å²) in [5.74, 6) is 0.462. The Balaban J connectivity index is 2.19. The first kappa shape index (κ1) is 18.1. The number of carbonyl (C=O) groups excluding carboxylic acids is 1. The average Bonchev–Trinajstić information content (AvgIpc) is 2.91. The van der Waals surface area contributed by atoms with E-state index in [9.17, 15) is 4.79 Å². The Morgan fingerprint density at radius 3 is 2.83 bits per heavy atom. The minimum atomic E-state index is -0.0408. The Bertz CT molecular complexity index is 652. The van der Waals surface area contributed by atoms with Crippen molar-refractivity contribution < 1.29 is 9.53 Å². The van der Waals surface area contributed by atoms with Crippen molar-refractivity contribution in [2.75, 3.05) is 20.3 Å². The zero-order chi connectivity index (χ0) is 17.5. The molecule has 0 unspecified atom stereocenters. The highest BCUT2D eigenvalue weighted by Gasteiger charge is 2.20. The number of amides is 1. The molecular weight excluding hydrogens is 304 g/mol. The normalized spacial score (nSPS) is 11.0. The number of carbonyl (C=O) groups is 1. The zero-order valence-corrected chi connectivity index (χ0v) is 14.9. The van der Waals surface area contributed by atoms with E-state index in [-0.39, 0.29) is 5.91 Å². The van der Waals surface area contributed by atoms with E-state index in [0.717, 1.165) is 17.7 Å². The van der Waals surface area contributed by atoms with E-state index in [1.807, 2.05) is 25.2 Å². The number of hydrogen-bond acceptors (Lipinski definition) is 4. The van der Waals surface area contributed by atoms with E-state index >= 15 is 0 Å². The predicted octanol–water partition coefficient (Wildman–Crippen LogP) is 2.30. The number of methoxy groups -OCH3 is 1. The summed E-state index contributed by atoms with van der Waals surface area (Å²) in [5, 5.41) is 4.47. The van der Waals surface area contributed by atoms with Crippen LogP contribution in [-0.2, 0) is 24.8 Å². The lowest BCUT2D eigenvalue weighted by atomic mass is 10.1. The molecule has 0 spiro atoms. The summed E-state index contributed by atoms with van der Waals surface area (Å²) in [4.78, 5) is 18.9. The molecule has 0 aliphatic rings. The molecule has 0 saturated carbocycles. The number of pyridine rings is 1. The Kier molecular flexibility index (Phi) is 6.49. The molecule has 24 heavy (non-hydrogen) atoms. The molecule has 0 bridgehead atoms. The highest BCUT2D eigenvalue weighted by molar-refractivity contribution is 5.92.